The van der Waals surface area contributed by atoms with Crippen LogP contribution in [-0.4, -0.2) is 60.8 Å². The third kappa shape index (κ3) is 3.25. The number of carbonyl (C=O) groups excluding carboxylic acids is 1. The maximum atomic E-state index is 12.6. The normalized spacial score (nSPS) is 16.4. The number of furan rings is 1. The Labute approximate surface area is 134 Å². The third-order valence-corrected chi connectivity index (χ3v) is 5.71. The Bertz CT molecular complexity index is 732. The van der Waals surface area contributed by atoms with E-state index in [2.05, 4.69) is 0 Å². The second kappa shape index (κ2) is 5.97. The van der Waals surface area contributed by atoms with E-state index in [-0.39, 0.29) is 22.5 Å². The van der Waals surface area contributed by atoms with Crippen LogP contribution in [0.4, 0.5) is 0 Å². The molecule has 128 valence electrons. The van der Waals surface area contributed by atoms with E-state index in [4.69, 9.17) is 9.52 Å². The molecule has 23 heavy (non-hydrogen) atoms. The van der Waals surface area contributed by atoms with Gasteiger partial charge in [-0.15, -0.1) is 0 Å². The van der Waals surface area contributed by atoms with Crippen LogP contribution in [0.3, 0.4) is 0 Å². The molecule has 1 heterocycles. The van der Waals surface area contributed by atoms with Gasteiger partial charge in [-0.1, -0.05) is 0 Å². The second-order valence-electron chi connectivity index (χ2n) is 5.78. The van der Waals surface area contributed by atoms with Crippen LogP contribution in [0.25, 0.3) is 0 Å². The van der Waals surface area contributed by atoms with Crippen molar-refractivity contribution < 1.29 is 27.5 Å². The largest absolute Gasteiger partial charge is 0.480 e. The van der Waals surface area contributed by atoms with Crippen molar-refractivity contribution in [2.75, 3.05) is 14.1 Å². The van der Waals surface area contributed by atoms with Gasteiger partial charge in [0.1, 0.15) is 16.7 Å². The molecule has 2 rings (SSSR count). The highest BCUT2D eigenvalue weighted by molar-refractivity contribution is 7.89. The number of hydrogen-bond acceptors (Lipinski definition) is 5. The van der Waals surface area contributed by atoms with Gasteiger partial charge in [0.2, 0.25) is 10.0 Å². The second-order valence-corrected chi connectivity index (χ2v) is 7.90. The summed E-state index contributed by atoms with van der Waals surface area (Å²) < 4.78 is 30.7. The van der Waals surface area contributed by atoms with Gasteiger partial charge in [-0.3, -0.25) is 4.79 Å². The van der Waals surface area contributed by atoms with Gasteiger partial charge in [-0.05, 0) is 26.7 Å². The number of nitrogens with zero attached hydrogens (tertiary/aromatic N) is 2. The lowest BCUT2D eigenvalue weighted by Crippen LogP contribution is -2.44. The minimum absolute atomic E-state index is 0.0930. The maximum absolute atomic E-state index is 12.6. The summed E-state index contributed by atoms with van der Waals surface area (Å²) in [6, 6.07) is 0.0129. The quantitative estimate of drug-likeness (QED) is 0.822. The number of carboxylic acids is 1. The van der Waals surface area contributed by atoms with Crippen molar-refractivity contribution in [3.05, 3.63) is 17.6 Å². The first-order valence-electron chi connectivity index (χ1n) is 7.15. The summed E-state index contributed by atoms with van der Waals surface area (Å²) in [5.74, 6) is -1.79. The number of sulfonamides is 1. The van der Waals surface area contributed by atoms with Gasteiger partial charge < -0.3 is 14.4 Å². The van der Waals surface area contributed by atoms with Gasteiger partial charge in [0.05, 0.1) is 0 Å². The highest BCUT2D eigenvalue weighted by atomic mass is 32.2. The SMILES string of the molecule is Cc1oc(C(=O)N(C2CC2)C(C)C(=O)O)cc1S(=O)(=O)N(C)C. The lowest BCUT2D eigenvalue weighted by atomic mass is 10.2. The first-order valence-corrected chi connectivity index (χ1v) is 8.59. The van der Waals surface area contributed by atoms with Crippen molar-refractivity contribution in [2.45, 2.75) is 43.7 Å². The van der Waals surface area contributed by atoms with Crippen molar-refractivity contribution in [1.82, 2.24) is 9.21 Å². The summed E-state index contributed by atoms with van der Waals surface area (Å²) in [6.45, 7) is 2.88. The molecule has 0 spiro atoms. The molecule has 0 saturated heterocycles. The molecule has 1 saturated carbocycles. The Morgan fingerprint density at radius 2 is 1.91 bits per heavy atom. The Kier molecular flexibility index (Phi) is 4.54. The van der Waals surface area contributed by atoms with Crippen molar-refractivity contribution in [1.29, 1.82) is 0 Å². The number of carbonyl (C=O) groups is 2. The number of carboxylic acid groups (broad SMARTS) is 1. The number of aliphatic carboxylic acids is 1. The van der Waals surface area contributed by atoms with Crippen LogP contribution < -0.4 is 0 Å². The van der Waals surface area contributed by atoms with E-state index in [0.29, 0.717) is 0 Å². The van der Waals surface area contributed by atoms with Crippen LogP contribution in [0.5, 0.6) is 0 Å². The standard InChI is InChI=1S/C14H20N2O6S/c1-8(14(18)19)16(10-5-6-10)13(17)11-7-12(9(2)22-11)23(20,21)15(3)4/h7-8,10H,5-6H2,1-4H3,(H,18,19). The van der Waals surface area contributed by atoms with Gasteiger partial charge >= 0.3 is 5.97 Å². The number of aryl methyl sites for hydroxylation is 1. The van der Waals surface area contributed by atoms with Crippen molar-refractivity contribution >= 4 is 21.9 Å². The molecular formula is C14H20N2O6S. The molecule has 0 aromatic carbocycles. The molecular weight excluding hydrogens is 324 g/mol. The van der Waals surface area contributed by atoms with E-state index in [0.717, 1.165) is 23.2 Å². The third-order valence-electron chi connectivity index (χ3n) is 3.79. The van der Waals surface area contributed by atoms with E-state index < -0.39 is 27.9 Å². The average Bonchev–Trinajstić information content (AvgIpc) is 3.19. The number of hydrogen-bond donors (Lipinski definition) is 1. The average molecular weight is 344 g/mol. The summed E-state index contributed by atoms with van der Waals surface area (Å²) in [6.07, 6.45) is 1.46. The minimum Gasteiger partial charge on any atom is -0.480 e. The lowest BCUT2D eigenvalue weighted by molar-refractivity contribution is -0.141. The summed E-state index contributed by atoms with van der Waals surface area (Å²) in [7, 11) is -0.972. The Balaban J connectivity index is 2.38. The fourth-order valence-corrected chi connectivity index (χ4v) is 3.33. The van der Waals surface area contributed by atoms with Crippen molar-refractivity contribution in [2.24, 2.45) is 0 Å². The summed E-state index contributed by atoms with van der Waals surface area (Å²) in [4.78, 5) is 24.9. The molecule has 1 N–H and O–H groups in total. The molecule has 1 aromatic rings. The lowest BCUT2D eigenvalue weighted by Gasteiger charge is -2.25. The predicted octanol–water partition coefficient (Wildman–Crippen LogP) is 0.916. The highest BCUT2D eigenvalue weighted by Crippen LogP contribution is 2.32. The monoisotopic (exact) mass is 344 g/mol. The molecule has 0 bridgehead atoms. The van der Waals surface area contributed by atoms with Gasteiger partial charge in [-0.2, -0.15) is 0 Å². The van der Waals surface area contributed by atoms with Crippen molar-refractivity contribution in [3.63, 3.8) is 0 Å². The molecule has 8 nitrogen and oxygen atoms in total. The van der Waals surface area contributed by atoms with Gasteiger partial charge in [0.15, 0.2) is 5.76 Å². The molecule has 1 unspecified atom stereocenters. The van der Waals surface area contributed by atoms with E-state index in [1.807, 2.05) is 0 Å². The number of rotatable bonds is 6. The Morgan fingerprint density at radius 1 is 1.35 bits per heavy atom. The Hall–Kier alpha value is -1.87. The first kappa shape index (κ1) is 17.5. The zero-order valence-corrected chi connectivity index (χ0v) is 14.3. The van der Waals surface area contributed by atoms with Crippen LogP contribution in [0.1, 0.15) is 36.1 Å². The maximum Gasteiger partial charge on any atom is 0.326 e. The van der Waals surface area contributed by atoms with E-state index in [1.54, 1.807) is 0 Å². The molecule has 1 fully saturated rings. The molecule has 9 heteroatoms. The van der Waals surface area contributed by atoms with Crippen LogP contribution in [0, 0.1) is 6.92 Å². The zero-order valence-electron chi connectivity index (χ0n) is 13.4. The van der Waals surface area contributed by atoms with Gasteiger partial charge in [0, 0.05) is 26.2 Å². The number of amides is 1. The first-order chi connectivity index (χ1) is 10.6. The smallest absolute Gasteiger partial charge is 0.326 e. The molecule has 1 atom stereocenters. The predicted molar refractivity (Wildman–Crippen MR) is 80.6 cm³/mol. The molecule has 1 aromatic heterocycles. The summed E-state index contributed by atoms with van der Waals surface area (Å²) in [5, 5.41) is 9.16. The van der Waals surface area contributed by atoms with Crippen LogP contribution in [0.15, 0.2) is 15.4 Å². The van der Waals surface area contributed by atoms with Crippen LogP contribution in [-0.2, 0) is 14.8 Å². The van der Waals surface area contributed by atoms with E-state index >= 15 is 0 Å². The zero-order chi connectivity index (χ0) is 17.5. The van der Waals surface area contributed by atoms with E-state index in [1.165, 1.54) is 32.8 Å². The topological polar surface area (TPSA) is 108 Å². The molecule has 0 radical (unpaired) electrons. The fourth-order valence-electron chi connectivity index (χ4n) is 2.28. The summed E-state index contributed by atoms with van der Waals surface area (Å²) >= 11 is 0. The molecule has 1 aliphatic carbocycles. The highest BCUT2D eigenvalue weighted by Gasteiger charge is 2.40. The minimum atomic E-state index is -3.73. The summed E-state index contributed by atoms with van der Waals surface area (Å²) in [5.41, 5.74) is 0. The van der Waals surface area contributed by atoms with Crippen LogP contribution in [0.2, 0.25) is 0 Å². The van der Waals surface area contributed by atoms with Crippen LogP contribution >= 0.6 is 0 Å². The molecule has 0 aliphatic heterocycles. The Morgan fingerprint density at radius 3 is 2.35 bits per heavy atom. The van der Waals surface area contributed by atoms with Gasteiger partial charge in [0.25, 0.3) is 5.91 Å². The fraction of sp³-hybridized carbons (Fsp3) is 0.571. The molecule has 1 amide bonds. The van der Waals surface area contributed by atoms with Gasteiger partial charge in [-0.25, -0.2) is 17.5 Å². The molecule has 1 aliphatic rings. The van der Waals surface area contributed by atoms with E-state index in [9.17, 15) is 18.0 Å². The van der Waals surface area contributed by atoms with Crippen molar-refractivity contribution in [3.8, 4) is 0 Å².